The minimum atomic E-state index is -0.345. The van der Waals surface area contributed by atoms with Gasteiger partial charge in [-0.2, -0.15) is 0 Å². The maximum Gasteiger partial charge on any atom is 0.185 e. The summed E-state index contributed by atoms with van der Waals surface area (Å²) < 4.78 is 13.4. The van der Waals surface area contributed by atoms with Gasteiger partial charge in [0, 0.05) is 5.56 Å². The first kappa shape index (κ1) is 13.5. The van der Waals surface area contributed by atoms with E-state index in [1.165, 1.54) is 24.3 Å². The van der Waals surface area contributed by atoms with Crippen molar-refractivity contribution < 1.29 is 14.3 Å². The molecule has 0 saturated heterocycles. The second kappa shape index (κ2) is 5.80. The van der Waals surface area contributed by atoms with Crippen LogP contribution in [0.2, 0.25) is 0 Å². The van der Waals surface area contributed by atoms with Gasteiger partial charge in [-0.05, 0) is 64.0 Å². The van der Waals surface area contributed by atoms with Crippen molar-refractivity contribution in [3.8, 4) is 5.75 Å². The van der Waals surface area contributed by atoms with Crippen molar-refractivity contribution in [2.75, 3.05) is 0 Å². The molecule has 0 aromatic heterocycles. The van der Waals surface area contributed by atoms with Crippen LogP contribution in [0.5, 0.6) is 5.75 Å². The predicted molar refractivity (Wildman–Crippen MR) is 75.6 cm³/mol. The molecule has 0 saturated carbocycles. The van der Waals surface area contributed by atoms with Gasteiger partial charge in [0.05, 0.1) is 4.47 Å². The van der Waals surface area contributed by atoms with Gasteiger partial charge in [-0.25, -0.2) is 4.39 Å². The maximum atomic E-state index is 13.0. The standard InChI is InChI=1S/C15H10BrFO2/c16-13-9-10(1-7-14(13)17)2-8-15(19)11-3-5-12(18)6-4-11/h1-9,18H. The first-order valence-electron chi connectivity index (χ1n) is 5.53. The third-order valence-corrected chi connectivity index (χ3v) is 3.13. The second-order valence-electron chi connectivity index (χ2n) is 3.92. The lowest BCUT2D eigenvalue weighted by atomic mass is 10.1. The third-order valence-electron chi connectivity index (χ3n) is 2.52. The Kier molecular flexibility index (Phi) is 4.12. The van der Waals surface area contributed by atoms with Gasteiger partial charge in [-0.1, -0.05) is 12.1 Å². The summed E-state index contributed by atoms with van der Waals surface area (Å²) in [5.41, 5.74) is 1.20. The number of hydrogen-bond acceptors (Lipinski definition) is 2. The summed E-state index contributed by atoms with van der Waals surface area (Å²) in [5, 5.41) is 9.13. The number of ketones is 1. The van der Waals surface area contributed by atoms with Crippen LogP contribution in [0.3, 0.4) is 0 Å². The molecule has 2 rings (SSSR count). The first-order chi connectivity index (χ1) is 9.06. The summed E-state index contributed by atoms with van der Waals surface area (Å²) in [4.78, 5) is 11.8. The molecule has 4 heteroatoms. The molecule has 0 heterocycles. The number of rotatable bonds is 3. The zero-order valence-electron chi connectivity index (χ0n) is 9.81. The van der Waals surface area contributed by atoms with Crippen molar-refractivity contribution in [2.24, 2.45) is 0 Å². The van der Waals surface area contributed by atoms with Crippen LogP contribution in [0.1, 0.15) is 15.9 Å². The van der Waals surface area contributed by atoms with E-state index in [4.69, 9.17) is 5.11 Å². The van der Waals surface area contributed by atoms with Crippen LogP contribution >= 0.6 is 15.9 Å². The number of phenolic OH excluding ortho intramolecular Hbond substituents is 1. The summed E-state index contributed by atoms with van der Waals surface area (Å²) in [6, 6.07) is 10.5. The van der Waals surface area contributed by atoms with E-state index in [1.54, 1.807) is 30.3 Å². The molecule has 0 aliphatic rings. The molecule has 0 aliphatic heterocycles. The molecule has 0 aliphatic carbocycles. The van der Waals surface area contributed by atoms with Gasteiger partial charge >= 0.3 is 0 Å². The van der Waals surface area contributed by atoms with E-state index in [0.29, 0.717) is 10.0 Å². The van der Waals surface area contributed by atoms with Crippen LogP contribution in [-0.4, -0.2) is 10.9 Å². The van der Waals surface area contributed by atoms with Gasteiger partial charge in [0.25, 0.3) is 0 Å². The minimum absolute atomic E-state index is 0.114. The molecule has 1 N–H and O–H groups in total. The van der Waals surface area contributed by atoms with Gasteiger partial charge in [0.2, 0.25) is 0 Å². The highest BCUT2D eigenvalue weighted by Crippen LogP contribution is 2.18. The van der Waals surface area contributed by atoms with E-state index in [2.05, 4.69) is 15.9 Å². The molecule has 0 spiro atoms. The van der Waals surface area contributed by atoms with E-state index >= 15 is 0 Å². The fraction of sp³-hybridized carbons (Fsp3) is 0. The van der Waals surface area contributed by atoms with E-state index in [-0.39, 0.29) is 17.3 Å². The molecule has 2 aromatic rings. The lowest BCUT2D eigenvalue weighted by Crippen LogP contribution is -1.93. The Morgan fingerprint density at radius 2 is 1.84 bits per heavy atom. The summed E-state index contributed by atoms with van der Waals surface area (Å²) in [5.74, 6) is -0.412. The Balaban J connectivity index is 2.15. The van der Waals surface area contributed by atoms with Gasteiger partial charge in [-0.15, -0.1) is 0 Å². The fourth-order valence-electron chi connectivity index (χ4n) is 1.51. The molecule has 0 unspecified atom stereocenters. The van der Waals surface area contributed by atoms with Gasteiger partial charge in [-0.3, -0.25) is 4.79 Å². The van der Waals surface area contributed by atoms with Gasteiger partial charge in [0.15, 0.2) is 5.78 Å². The lowest BCUT2D eigenvalue weighted by Gasteiger charge is -1.98. The van der Waals surface area contributed by atoms with Gasteiger partial charge < -0.3 is 5.11 Å². The highest BCUT2D eigenvalue weighted by Gasteiger charge is 2.02. The molecule has 2 aromatic carbocycles. The zero-order valence-corrected chi connectivity index (χ0v) is 11.4. The zero-order chi connectivity index (χ0) is 13.8. The largest absolute Gasteiger partial charge is 0.508 e. The molecule has 2 nitrogen and oxygen atoms in total. The molecule has 0 bridgehead atoms. The Morgan fingerprint density at radius 1 is 1.16 bits per heavy atom. The SMILES string of the molecule is O=C(C=Cc1ccc(F)c(Br)c1)c1ccc(O)cc1. The molecular weight excluding hydrogens is 311 g/mol. The molecular formula is C15H10BrFO2. The first-order valence-corrected chi connectivity index (χ1v) is 6.32. The Bertz CT molecular complexity index is 633. The van der Waals surface area contributed by atoms with E-state index in [0.717, 1.165) is 5.56 Å². The van der Waals surface area contributed by atoms with Crippen molar-refractivity contribution >= 4 is 27.8 Å². The van der Waals surface area contributed by atoms with E-state index in [9.17, 15) is 9.18 Å². The van der Waals surface area contributed by atoms with Gasteiger partial charge in [0.1, 0.15) is 11.6 Å². The second-order valence-corrected chi connectivity index (χ2v) is 4.77. The monoisotopic (exact) mass is 320 g/mol. The van der Waals surface area contributed by atoms with Crippen molar-refractivity contribution in [1.29, 1.82) is 0 Å². The number of hydrogen-bond donors (Lipinski definition) is 1. The van der Waals surface area contributed by atoms with Crippen LogP contribution in [0.15, 0.2) is 53.0 Å². The molecule has 19 heavy (non-hydrogen) atoms. The number of halogens is 2. The van der Waals surface area contributed by atoms with Crippen molar-refractivity contribution in [1.82, 2.24) is 0 Å². The van der Waals surface area contributed by atoms with Crippen molar-refractivity contribution in [3.63, 3.8) is 0 Å². The normalized spacial score (nSPS) is 10.8. The van der Waals surface area contributed by atoms with E-state index < -0.39 is 0 Å². The Hall–Kier alpha value is -1.94. The van der Waals surface area contributed by atoms with Crippen molar-refractivity contribution in [3.05, 3.63) is 70.0 Å². The average Bonchev–Trinajstić information content (AvgIpc) is 2.40. The molecule has 0 amide bonds. The maximum absolute atomic E-state index is 13.0. The summed E-state index contributed by atoms with van der Waals surface area (Å²) in [7, 11) is 0. The minimum Gasteiger partial charge on any atom is -0.508 e. The number of allylic oxidation sites excluding steroid dienone is 1. The molecule has 0 atom stereocenters. The number of carbonyl (C=O) groups is 1. The Labute approximate surface area is 118 Å². The van der Waals surface area contributed by atoms with Crippen LogP contribution in [0.25, 0.3) is 6.08 Å². The summed E-state index contributed by atoms with van der Waals surface area (Å²) >= 11 is 3.08. The predicted octanol–water partition coefficient (Wildman–Crippen LogP) is 4.19. The number of benzene rings is 2. The fourth-order valence-corrected chi connectivity index (χ4v) is 1.91. The van der Waals surface area contributed by atoms with Crippen LogP contribution < -0.4 is 0 Å². The quantitative estimate of drug-likeness (QED) is 0.680. The molecule has 96 valence electrons. The number of phenols is 1. The van der Waals surface area contributed by atoms with Crippen LogP contribution in [0, 0.1) is 5.82 Å². The highest BCUT2D eigenvalue weighted by molar-refractivity contribution is 9.10. The number of aromatic hydroxyl groups is 1. The summed E-state index contributed by atoms with van der Waals surface area (Å²) in [6.45, 7) is 0. The molecule has 0 fully saturated rings. The smallest absolute Gasteiger partial charge is 0.185 e. The number of carbonyl (C=O) groups excluding carboxylic acids is 1. The van der Waals surface area contributed by atoms with Crippen LogP contribution in [0.4, 0.5) is 4.39 Å². The topological polar surface area (TPSA) is 37.3 Å². The van der Waals surface area contributed by atoms with Crippen LogP contribution in [-0.2, 0) is 0 Å². The molecule has 0 radical (unpaired) electrons. The van der Waals surface area contributed by atoms with Crippen molar-refractivity contribution in [2.45, 2.75) is 0 Å². The average molecular weight is 321 g/mol. The Morgan fingerprint density at radius 3 is 2.47 bits per heavy atom. The highest BCUT2D eigenvalue weighted by atomic mass is 79.9. The third kappa shape index (κ3) is 3.51. The lowest BCUT2D eigenvalue weighted by molar-refractivity contribution is 0.104. The van der Waals surface area contributed by atoms with E-state index in [1.807, 2.05) is 0 Å². The summed E-state index contributed by atoms with van der Waals surface area (Å²) in [6.07, 6.45) is 3.02.